The zero-order chi connectivity index (χ0) is 20.9. The predicted octanol–water partition coefficient (Wildman–Crippen LogP) is 4.50. The molecule has 0 atom stereocenters. The summed E-state index contributed by atoms with van der Waals surface area (Å²) < 4.78 is 21.5. The number of unbranched alkanes of at least 4 members (excludes halogenated alkanes) is 2. The van der Waals surface area contributed by atoms with Crippen molar-refractivity contribution in [1.29, 1.82) is 0 Å². The van der Waals surface area contributed by atoms with Crippen molar-refractivity contribution in [2.75, 3.05) is 13.2 Å². The molecule has 0 fully saturated rings. The van der Waals surface area contributed by atoms with Gasteiger partial charge in [-0.15, -0.1) is 0 Å². The first kappa shape index (κ1) is 21.8. The first-order valence-corrected chi connectivity index (χ1v) is 9.25. The first-order valence-electron chi connectivity index (χ1n) is 9.25. The second-order valence-electron chi connectivity index (χ2n) is 5.96. The summed E-state index contributed by atoms with van der Waals surface area (Å²) in [6.07, 6.45) is 4.86. The van der Waals surface area contributed by atoms with E-state index in [1.165, 1.54) is 0 Å². The molecule has 0 N–H and O–H groups in total. The van der Waals surface area contributed by atoms with Gasteiger partial charge in [0.15, 0.2) is 0 Å². The van der Waals surface area contributed by atoms with Crippen LogP contribution in [-0.2, 0) is 9.59 Å². The van der Waals surface area contributed by atoms with Gasteiger partial charge in [0.25, 0.3) is 0 Å². The first-order chi connectivity index (χ1) is 14.1. The van der Waals surface area contributed by atoms with Gasteiger partial charge >= 0.3 is 11.9 Å². The van der Waals surface area contributed by atoms with E-state index in [2.05, 4.69) is 13.2 Å². The molecule has 152 valence electrons. The molecule has 0 heterocycles. The van der Waals surface area contributed by atoms with Crippen LogP contribution in [0.3, 0.4) is 0 Å². The summed E-state index contributed by atoms with van der Waals surface area (Å²) in [5.74, 6) is 1.10. The smallest absolute Gasteiger partial charge is 0.335 e. The van der Waals surface area contributed by atoms with E-state index in [0.29, 0.717) is 36.2 Å². The van der Waals surface area contributed by atoms with Gasteiger partial charge in [-0.05, 0) is 43.5 Å². The molecular formula is C23H24O6. The Bertz CT molecular complexity index is 773. The average Bonchev–Trinajstić information content (AvgIpc) is 2.73. The molecule has 6 heteroatoms. The van der Waals surface area contributed by atoms with Crippen LogP contribution in [0.1, 0.15) is 19.3 Å². The van der Waals surface area contributed by atoms with E-state index in [4.69, 9.17) is 18.9 Å². The van der Waals surface area contributed by atoms with Gasteiger partial charge in [-0.1, -0.05) is 25.3 Å². The van der Waals surface area contributed by atoms with Crippen molar-refractivity contribution in [2.45, 2.75) is 19.3 Å². The van der Waals surface area contributed by atoms with Gasteiger partial charge in [-0.3, -0.25) is 0 Å². The second kappa shape index (κ2) is 12.0. The highest BCUT2D eigenvalue weighted by molar-refractivity contribution is 5.83. The Morgan fingerprint density at radius 2 is 1.10 bits per heavy atom. The van der Waals surface area contributed by atoms with Crippen molar-refractivity contribution in [2.24, 2.45) is 0 Å². The summed E-state index contributed by atoms with van der Waals surface area (Å²) in [7, 11) is 0. The van der Waals surface area contributed by atoms with Crippen LogP contribution in [0.25, 0.3) is 0 Å². The van der Waals surface area contributed by atoms with E-state index < -0.39 is 11.9 Å². The molecule has 0 aliphatic rings. The van der Waals surface area contributed by atoms with Crippen molar-refractivity contribution in [1.82, 2.24) is 0 Å². The van der Waals surface area contributed by atoms with Crippen LogP contribution in [0.4, 0.5) is 0 Å². The SMILES string of the molecule is C=CC(=O)Oc1cccc(OCCCCCOc2cccc(OC(=O)C=C)c2)c1. The average molecular weight is 396 g/mol. The molecular weight excluding hydrogens is 372 g/mol. The molecule has 6 nitrogen and oxygen atoms in total. The zero-order valence-corrected chi connectivity index (χ0v) is 16.2. The van der Waals surface area contributed by atoms with Gasteiger partial charge in [-0.25, -0.2) is 9.59 Å². The Kier molecular flexibility index (Phi) is 9.02. The van der Waals surface area contributed by atoms with Gasteiger partial charge < -0.3 is 18.9 Å². The van der Waals surface area contributed by atoms with E-state index in [0.717, 1.165) is 31.4 Å². The standard InChI is InChI=1S/C23H24O6/c1-3-22(24)28-20-12-8-10-18(16-20)26-14-6-5-7-15-27-19-11-9-13-21(17-19)29-23(25)4-2/h3-4,8-13,16-17H,1-2,5-7,14-15H2. The van der Waals surface area contributed by atoms with Crippen LogP contribution in [0.15, 0.2) is 73.8 Å². The molecule has 0 amide bonds. The van der Waals surface area contributed by atoms with Crippen molar-refractivity contribution in [3.05, 3.63) is 73.8 Å². The Morgan fingerprint density at radius 3 is 1.52 bits per heavy atom. The van der Waals surface area contributed by atoms with E-state index in [9.17, 15) is 9.59 Å². The minimum absolute atomic E-state index is 0.418. The number of esters is 2. The fourth-order valence-electron chi connectivity index (χ4n) is 2.33. The second-order valence-corrected chi connectivity index (χ2v) is 5.96. The molecule has 0 aliphatic carbocycles. The quantitative estimate of drug-likeness (QED) is 0.228. The minimum atomic E-state index is -0.508. The van der Waals surface area contributed by atoms with Crippen LogP contribution in [0, 0.1) is 0 Å². The molecule has 2 aromatic carbocycles. The maximum absolute atomic E-state index is 11.2. The van der Waals surface area contributed by atoms with Crippen molar-refractivity contribution in [3.63, 3.8) is 0 Å². The van der Waals surface area contributed by atoms with E-state index in [1.54, 1.807) is 48.5 Å². The highest BCUT2D eigenvalue weighted by Crippen LogP contribution is 2.21. The lowest BCUT2D eigenvalue weighted by atomic mass is 10.2. The minimum Gasteiger partial charge on any atom is -0.493 e. The number of rotatable bonds is 12. The maximum atomic E-state index is 11.2. The lowest BCUT2D eigenvalue weighted by molar-refractivity contribution is -0.129. The molecule has 29 heavy (non-hydrogen) atoms. The number of hydrogen-bond donors (Lipinski definition) is 0. The lowest BCUT2D eigenvalue weighted by Gasteiger charge is -2.09. The Hall–Kier alpha value is -3.54. The number of carbonyl (C=O) groups excluding carboxylic acids is 2. The van der Waals surface area contributed by atoms with Gasteiger partial charge in [0.1, 0.15) is 23.0 Å². The normalized spacial score (nSPS) is 9.93. The number of benzene rings is 2. The summed E-state index contributed by atoms with van der Waals surface area (Å²) in [5, 5.41) is 0. The summed E-state index contributed by atoms with van der Waals surface area (Å²) in [5.41, 5.74) is 0. The third-order valence-electron chi connectivity index (χ3n) is 3.71. The van der Waals surface area contributed by atoms with Gasteiger partial charge in [0.2, 0.25) is 0 Å². The highest BCUT2D eigenvalue weighted by atomic mass is 16.5. The topological polar surface area (TPSA) is 71.1 Å². The summed E-state index contributed by atoms with van der Waals surface area (Å²) >= 11 is 0. The molecule has 0 radical (unpaired) electrons. The number of carbonyl (C=O) groups is 2. The van der Waals surface area contributed by atoms with Crippen molar-refractivity contribution >= 4 is 11.9 Å². The summed E-state index contributed by atoms with van der Waals surface area (Å²) in [6, 6.07) is 13.8. The largest absolute Gasteiger partial charge is 0.493 e. The van der Waals surface area contributed by atoms with Gasteiger partial charge in [-0.2, -0.15) is 0 Å². The maximum Gasteiger partial charge on any atom is 0.335 e. The number of hydrogen-bond acceptors (Lipinski definition) is 6. The van der Waals surface area contributed by atoms with Gasteiger partial charge in [0, 0.05) is 24.3 Å². The Morgan fingerprint density at radius 1 is 0.690 bits per heavy atom. The van der Waals surface area contributed by atoms with Crippen LogP contribution < -0.4 is 18.9 Å². The van der Waals surface area contributed by atoms with E-state index in [1.807, 2.05) is 0 Å². The molecule has 0 saturated heterocycles. The van der Waals surface area contributed by atoms with Crippen LogP contribution in [0.5, 0.6) is 23.0 Å². The zero-order valence-electron chi connectivity index (χ0n) is 16.2. The lowest BCUT2D eigenvalue weighted by Crippen LogP contribution is -2.04. The van der Waals surface area contributed by atoms with E-state index in [-0.39, 0.29) is 0 Å². The fraction of sp³-hybridized carbons (Fsp3) is 0.217. The Labute approximate surface area is 170 Å². The highest BCUT2D eigenvalue weighted by Gasteiger charge is 2.03. The third-order valence-corrected chi connectivity index (χ3v) is 3.71. The monoisotopic (exact) mass is 396 g/mol. The molecule has 0 aromatic heterocycles. The third kappa shape index (κ3) is 8.34. The molecule has 0 aliphatic heterocycles. The molecule has 2 rings (SSSR count). The molecule has 0 unspecified atom stereocenters. The van der Waals surface area contributed by atoms with Crippen LogP contribution >= 0.6 is 0 Å². The van der Waals surface area contributed by atoms with Crippen molar-refractivity contribution < 1.29 is 28.5 Å². The molecule has 2 aromatic rings. The number of ether oxygens (including phenoxy) is 4. The fourth-order valence-corrected chi connectivity index (χ4v) is 2.33. The molecule has 0 spiro atoms. The predicted molar refractivity (Wildman–Crippen MR) is 109 cm³/mol. The van der Waals surface area contributed by atoms with Crippen LogP contribution in [0.2, 0.25) is 0 Å². The summed E-state index contributed by atoms with van der Waals surface area (Å²) in [4.78, 5) is 22.4. The van der Waals surface area contributed by atoms with Crippen molar-refractivity contribution in [3.8, 4) is 23.0 Å². The van der Waals surface area contributed by atoms with Crippen LogP contribution in [-0.4, -0.2) is 25.2 Å². The molecule has 0 bridgehead atoms. The van der Waals surface area contributed by atoms with Gasteiger partial charge in [0.05, 0.1) is 13.2 Å². The summed E-state index contributed by atoms with van der Waals surface area (Å²) in [6.45, 7) is 7.82. The Balaban J connectivity index is 1.63. The molecule has 0 saturated carbocycles. The van der Waals surface area contributed by atoms with E-state index >= 15 is 0 Å².